The minimum Gasteiger partial charge on any atom is -0.168 e. The first kappa shape index (κ1) is 17.1. The van der Waals surface area contributed by atoms with Crippen LogP contribution in [-0.4, -0.2) is 31.5 Å². The molecule has 0 rings (SSSR count). The van der Waals surface area contributed by atoms with Gasteiger partial charge in [-0.05, 0) is 6.42 Å². The zero-order valence-corrected chi connectivity index (χ0v) is 14.1. The summed E-state index contributed by atoms with van der Waals surface area (Å²) in [5.74, 6) is 1.18. The van der Waals surface area contributed by atoms with Gasteiger partial charge < -0.3 is 0 Å². The van der Waals surface area contributed by atoms with Gasteiger partial charge in [-0.3, -0.25) is 0 Å². The summed E-state index contributed by atoms with van der Waals surface area (Å²) in [5, 5.41) is 4.15. The van der Waals surface area contributed by atoms with Gasteiger partial charge in [-0.15, -0.1) is 23.5 Å². The summed E-state index contributed by atoms with van der Waals surface area (Å²) >= 11 is 18.7. The monoisotopic (exact) mass is 320 g/mol. The van der Waals surface area contributed by atoms with Crippen LogP contribution < -0.4 is 0 Å². The molecule has 0 saturated carbocycles. The average molecular weight is 321 g/mol. The first-order valence-corrected chi connectivity index (χ1v) is 10.1. The average Bonchev–Trinajstić information content (AvgIpc) is 2.24. The Labute approximate surface area is 123 Å². The van der Waals surface area contributed by atoms with Gasteiger partial charge in [-0.1, -0.05) is 13.3 Å². The van der Waals surface area contributed by atoms with Crippen LogP contribution in [0.5, 0.6) is 0 Å². The second-order valence-electron chi connectivity index (χ2n) is 2.96. The van der Waals surface area contributed by atoms with Crippen LogP contribution in [0.1, 0.15) is 19.8 Å². The number of thioether (sulfide) groups is 3. The Hall–Kier alpha value is 2.10. The van der Waals surface area contributed by atoms with E-state index in [-0.39, 0.29) is 0 Å². The van der Waals surface area contributed by atoms with Gasteiger partial charge in [0.15, 0.2) is 0 Å². The third kappa shape index (κ3) is 8.77. The Morgan fingerprint density at radius 1 is 0.933 bits per heavy atom. The Morgan fingerprint density at radius 3 is 2.00 bits per heavy atom. The molecule has 0 bridgehead atoms. The van der Waals surface area contributed by atoms with Crippen molar-refractivity contribution in [2.75, 3.05) is 21.0 Å². The second-order valence-corrected chi connectivity index (χ2v) is 8.67. The molecular formula is C9H20S6. The number of hydrogen-bond donors (Lipinski definition) is 3. The highest BCUT2D eigenvalue weighted by Crippen LogP contribution is 2.31. The molecular weight excluding hydrogens is 301 g/mol. The molecule has 0 amide bonds. The van der Waals surface area contributed by atoms with Crippen LogP contribution in [0.2, 0.25) is 0 Å². The van der Waals surface area contributed by atoms with Crippen LogP contribution in [0, 0.1) is 0 Å². The summed E-state index contributed by atoms with van der Waals surface area (Å²) in [7, 11) is 0. The smallest absolute Gasteiger partial charge is 0.0365 e. The minimum atomic E-state index is 0.691. The van der Waals surface area contributed by atoms with Gasteiger partial charge >= 0.3 is 0 Å². The standard InChI is InChI=1S/C9H20S6/c1-2-3-8(14-6-11)9(15-7-12)4-13-5-10/h8-12H,2-7H2,1H3. The first-order chi connectivity index (χ1) is 7.29. The van der Waals surface area contributed by atoms with Gasteiger partial charge in [0.05, 0.1) is 0 Å². The Balaban J connectivity index is 4.09. The van der Waals surface area contributed by atoms with Crippen LogP contribution >= 0.6 is 73.2 Å². The summed E-state index contributed by atoms with van der Waals surface area (Å²) in [6.07, 6.45) is 2.53. The van der Waals surface area contributed by atoms with E-state index in [0.717, 1.165) is 20.5 Å². The van der Waals surface area contributed by atoms with Gasteiger partial charge in [0.25, 0.3) is 0 Å². The van der Waals surface area contributed by atoms with E-state index in [0.29, 0.717) is 5.25 Å². The Kier molecular flexibility index (Phi) is 14.3. The van der Waals surface area contributed by atoms with Crippen molar-refractivity contribution in [3.8, 4) is 0 Å². The lowest BCUT2D eigenvalue weighted by Crippen LogP contribution is -2.23. The quantitative estimate of drug-likeness (QED) is 0.404. The highest BCUT2D eigenvalue weighted by molar-refractivity contribution is 8.14. The fraction of sp³-hybridized carbons (Fsp3) is 1.00. The molecule has 0 N–H and O–H groups in total. The van der Waals surface area contributed by atoms with Gasteiger partial charge in [-0.25, -0.2) is 0 Å². The van der Waals surface area contributed by atoms with Crippen molar-refractivity contribution in [1.29, 1.82) is 0 Å². The summed E-state index contributed by atoms with van der Waals surface area (Å²) in [4.78, 5) is 0. The van der Waals surface area contributed by atoms with Crippen molar-refractivity contribution in [3.63, 3.8) is 0 Å². The predicted molar refractivity (Wildman–Crippen MR) is 91.7 cm³/mol. The molecule has 0 saturated heterocycles. The van der Waals surface area contributed by atoms with Crippen molar-refractivity contribution in [1.82, 2.24) is 0 Å². The topological polar surface area (TPSA) is 0 Å². The van der Waals surface area contributed by atoms with Crippen molar-refractivity contribution in [2.24, 2.45) is 0 Å². The molecule has 0 aliphatic carbocycles. The molecule has 2 unspecified atom stereocenters. The molecule has 0 aliphatic rings. The lowest BCUT2D eigenvalue weighted by Gasteiger charge is -2.24. The van der Waals surface area contributed by atoms with E-state index >= 15 is 0 Å². The van der Waals surface area contributed by atoms with Crippen molar-refractivity contribution in [3.05, 3.63) is 0 Å². The van der Waals surface area contributed by atoms with E-state index in [4.69, 9.17) is 0 Å². The number of thiol groups is 3. The number of hydrogen-bond acceptors (Lipinski definition) is 6. The van der Waals surface area contributed by atoms with Crippen molar-refractivity contribution >= 4 is 73.2 Å². The summed E-state index contributed by atoms with van der Waals surface area (Å²) < 4.78 is 0. The lowest BCUT2D eigenvalue weighted by molar-refractivity contribution is 0.736. The van der Waals surface area contributed by atoms with Crippen LogP contribution in [0.3, 0.4) is 0 Å². The maximum absolute atomic E-state index is 4.32. The van der Waals surface area contributed by atoms with E-state index in [2.05, 4.69) is 44.8 Å². The molecule has 0 aliphatic heterocycles. The molecule has 0 radical (unpaired) electrons. The van der Waals surface area contributed by atoms with Crippen LogP contribution in [0.15, 0.2) is 0 Å². The summed E-state index contributed by atoms with van der Waals surface area (Å²) in [5.41, 5.74) is 0. The molecule has 0 aromatic rings. The highest BCUT2D eigenvalue weighted by Gasteiger charge is 2.20. The molecule has 0 aromatic heterocycles. The molecule has 6 heteroatoms. The van der Waals surface area contributed by atoms with Crippen LogP contribution in [0.25, 0.3) is 0 Å². The van der Waals surface area contributed by atoms with Crippen molar-refractivity contribution in [2.45, 2.75) is 30.3 Å². The van der Waals surface area contributed by atoms with E-state index in [1.807, 2.05) is 35.3 Å². The summed E-state index contributed by atoms with van der Waals surface area (Å²) in [6.45, 7) is 2.25. The third-order valence-electron chi connectivity index (χ3n) is 1.94. The third-order valence-corrected chi connectivity index (χ3v) is 6.76. The van der Waals surface area contributed by atoms with E-state index in [9.17, 15) is 0 Å². The van der Waals surface area contributed by atoms with Crippen LogP contribution in [0.4, 0.5) is 0 Å². The van der Waals surface area contributed by atoms with E-state index < -0.39 is 0 Å². The largest absolute Gasteiger partial charge is 0.168 e. The maximum atomic E-state index is 4.32. The Morgan fingerprint density at radius 2 is 1.53 bits per heavy atom. The van der Waals surface area contributed by atoms with Crippen LogP contribution in [-0.2, 0) is 0 Å². The second kappa shape index (κ2) is 12.6. The van der Waals surface area contributed by atoms with Gasteiger partial charge in [-0.2, -0.15) is 49.6 Å². The van der Waals surface area contributed by atoms with Gasteiger partial charge in [0, 0.05) is 31.5 Å². The molecule has 15 heavy (non-hydrogen) atoms. The highest BCUT2D eigenvalue weighted by atomic mass is 32.2. The molecule has 0 fully saturated rings. The van der Waals surface area contributed by atoms with Crippen molar-refractivity contribution < 1.29 is 0 Å². The molecule has 0 heterocycles. The lowest BCUT2D eigenvalue weighted by atomic mass is 10.2. The maximum Gasteiger partial charge on any atom is 0.0365 e. The van der Waals surface area contributed by atoms with Gasteiger partial charge in [0.2, 0.25) is 0 Å². The minimum absolute atomic E-state index is 0.691. The van der Waals surface area contributed by atoms with Gasteiger partial charge in [0.1, 0.15) is 0 Å². The molecule has 92 valence electrons. The fourth-order valence-electron chi connectivity index (χ4n) is 1.28. The molecule has 0 aromatic carbocycles. The normalized spacial score (nSPS) is 15.2. The first-order valence-electron chi connectivity index (χ1n) is 4.93. The molecule has 2 atom stereocenters. The number of rotatable bonds is 10. The SMILES string of the molecule is CCCC(SCS)C(CSCS)SCS. The molecule has 0 nitrogen and oxygen atoms in total. The zero-order chi connectivity index (χ0) is 11.5. The Bertz CT molecular complexity index is 126. The van der Waals surface area contributed by atoms with E-state index in [1.54, 1.807) is 0 Å². The zero-order valence-electron chi connectivity index (χ0n) is 8.96. The molecule has 0 spiro atoms. The summed E-state index contributed by atoms with van der Waals surface area (Å²) in [6, 6.07) is 0. The predicted octanol–water partition coefficient (Wildman–Crippen LogP) is 4.39. The van der Waals surface area contributed by atoms with E-state index in [1.165, 1.54) is 18.6 Å². The fourth-order valence-corrected chi connectivity index (χ4v) is 6.03.